The third-order valence-electron chi connectivity index (χ3n) is 2.74. The highest BCUT2D eigenvalue weighted by atomic mass is 16.5. The molecular formula is C11H23NO. The minimum atomic E-state index is 0.518. The van der Waals surface area contributed by atoms with E-state index in [2.05, 4.69) is 25.7 Å². The van der Waals surface area contributed by atoms with Crippen LogP contribution in [0.3, 0.4) is 0 Å². The molecule has 13 heavy (non-hydrogen) atoms. The van der Waals surface area contributed by atoms with Crippen LogP contribution in [0, 0.1) is 5.41 Å². The SMILES string of the molecule is CCOCCN1CCCC(C)(C)C1. The van der Waals surface area contributed by atoms with E-state index < -0.39 is 0 Å². The molecule has 1 aliphatic heterocycles. The maximum atomic E-state index is 5.36. The van der Waals surface area contributed by atoms with Crippen molar-refractivity contribution in [2.75, 3.05) is 32.8 Å². The first kappa shape index (κ1) is 11.0. The molecule has 0 bridgehead atoms. The molecule has 1 aliphatic rings. The molecule has 0 aromatic heterocycles. The molecule has 1 heterocycles. The maximum Gasteiger partial charge on any atom is 0.0593 e. The molecule has 1 fully saturated rings. The highest BCUT2D eigenvalue weighted by molar-refractivity contribution is 4.79. The van der Waals surface area contributed by atoms with Crippen LogP contribution >= 0.6 is 0 Å². The van der Waals surface area contributed by atoms with Crippen LogP contribution in [0.15, 0.2) is 0 Å². The smallest absolute Gasteiger partial charge is 0.0593 e. The van der Waals surface area contributed by atoms with Crippen molar-refractivity contribution >= 4 is 0 Å². The van der Waals surface area contributed by atoms with Crippen LogP contribution in [0.2, 0.25) is 0 Å². The second kappa shape index (κ2) is 4.97. The van der Waals surface area contributed by atoms with E-state index >= 15 is 0 Å². The second-order valence-electron chi connectivity index (χ2n) is 4.74. The zero-order valence-electron chi connectivity index (χ0n) is 9.31. The van der Waals surface area contributed by atoms with Crippen LogP contribution < -0.4 is 0 Å². The van der Waals surface area contributed by atoms with E-state index in [4.69, 9.17) is 4.74 Å². The number of hydrogen-bond acceptors (Lipinski definition) is 2. The van der Waals surface area contributed by atoms with Gasteiger partial charge in [0.25, 0.3) is 0 Å². The zero-order valence-corrected chi connectivity index (χ0v) is 9.31. The molecule has 2 nitrogen and oxygen atoms in total. The largest absolute Gasteiger partial charge is 0.380 e. The molecule has 0 atom stereocenters. The molecule has 1 rings (SSSR count). The van der Waals surface area contributed by atoms with E-state index in [-0.39, 0.29) is 0 Å². The van der Waals surface area contributed by atoms with Gasteiger partial charge in [0, 0.05) is 19.7 Å². The summed E-state index contributed by atoms with van der Waals surface area (Å²) in [5.41, 5.74) is 0.518. The van der Waals surface area contributed by atoms with E-state index in [1.807, 2.05) is 0 Å². The van der Waals surface area contributed by atoms with Crippen LogP contribution in [-0.4, -0.2) is 37.7 Å². The van der Waals surface area contributed by atoms with Crippen molar-refractivity contribution in [2.45, 2.75) is 33.6 Å². The first-order chi connectivity index (χ1) is 6.14. The normalized spacial score (nSPS) is 23.3. The van der Waals surface area contributed by atoms with Gasteiger partial charge < -0.3 is 9.64 Å². The monoisotopic (exact) mass is 185 g/mol. The number of hydrogen-bond donors (Lipinski definition) is 0. The second-order valence-corrected chi connectivity index (χ2v) is 4.74. The standard InChI is InChI=1S/C11H23NO/c1-4-13-9-8-12-7-5-6-11(2,3)10-12/h4-10H2,1-3H3. The van der Waals surface area contributed by atoms with Crippen molar-refractivity contribution in [2.24, 2.45) is 5.41 Å². The molecule has 2 heteroatoms. The Morgan fingerprint density at radius 3 is 2.77 bits per heavy atom. The van der Waals surface area contributed by atoms with Crippen molar-refractivity contribution in [1.82, 2.24) is 4.90 Å². The molecule has 78 valence electrons. The van der Waals surface area contributed by atoms with E-state index in [0.29, 0.717) is 5.41 Å². The Labute approximate surface area is 82.3 Å². The van der Waals surface area contributed by atoms with Gasteiger partial charge in [-0.15, -0.1) is 0 Å². The summed E-state index contributed by atoms with van der Waals surface area (Å²) in [6, 6.07) is 0. The Hall–Kier alpha value is -0.0800. The molecule has 0 radical (unpaired) electrons. The lowest BCUT2D eigenvalue weighted by Crippen LogP contribution is -2.41. The van der Waals surface area contributed by atoms with Crippen LogP contribution in [0.5, 0.6) is 0 Å². The van der Waals surface area contributed by atoms with Crippen molar-refractivity contribution in [3.63, 3.8) is 0 Å². The Bertz CT molecular complexity index is 145. The molecule has 1 saturated heterocycles. The van der Waals surface area contributed by atoms with Crippen molar-refractivity contribution < 1.29 is 4.74 Å². The Balaban J connectivity index is 2.19. The summed E-state index contributed by atoms with van der Waals surface area (Å²) in [7, 11) is 0. The molecule has 0 spiro atoms. The van der Waals surface area contributed by atoms with Gasteiger partial charge in [-0.3, -0.25) is 0 Å². The maximum absolute atomic E-state index is 5.36. The molecule has 0 aromatic rings. The van der Waals surface area contributed by atoms with E-state index in [0.717, 1.165) is 19.8 Å². The third-order valence-corrected chi connectivity index (χ3v) is 2.74. The number of ether oxygens (including phenoxy) is 1. The molecule has 0 amide bonds. The van der Waals surface area contributed by atoms with E-state index in [9.17, 15) is 0 Å². The molecule has 0 N–H and O–H groups in total. The van der Waals surface area contributed by atoms with Crippen molar-refractivity contribution in [3.05, 3.63) is 0 Å². The van der Waals surface area contributed by atoms with Gasteiger partial charge in [0.2, 0.25) is 0 Å². The first-order valence-corrected chi connectivity index (χ1v) is 5.44. The highest BCUT2D eigenvalue weighted by Gasteiger charge is 2.25. The van der Waals surface area contributed by atoms with Gasteiger partial charge in [0.15, 0.2) is 0 Å². The lowest BCUT2D eigenvalue weighted by Gasteiger charge is -2.37. The summed E-state index contributed by atoms with van der Waals surface area (Å²) < 4.78 is 5.36. The summed E-state index contributed by atoms with van der Waals surface area (Å²) >= 11 is 0. The molecular weight excluding hydrogens is 162 g/mol. The van der Waals surface area contributed by atoms with Crippen molar-refractivity contribution in [1.29, 1.82) is 0 Å². The minimum absolute atomic E-state index is 0.518. The van der Waals surface area contributed by atoms with Crippen molar-refractivity contribution in [3.8, 4) is 0 Å². The summed E-state index contributed by atoms with van der Waals surface area (Å²) in [6.07, 6.45) is 2.72. The first-order valence-electron chi connectivity index (χ1n) is 5.44. The quantitative estimate of drug-likeness (QED) is 0.622. The van der Waals surface area contributed by atoms with Gasteiger partial charge in [0.05, 0.1) is 6.61 Å². The lowest BCUT2D eigenvalue weighted by atomic mass is 9.84. The summed E-state index contributed by atoms with van der Waals surface area (Å²) in [5, 5.41) is 0. The fraction of sp³-hybridized carbons (Fsp3) is 1.00. The summed E-state index contributed by atoms with van der Waals surface area (Å²) in [4.78, 5) is 2.53. The minimum Gasteiger partial charge on any atom is -0.380 e. The molecule has 0 saturated carbocycles. The van der Waals surface area contributed by atoms with Gasteiger partial charge in [-0.05, 0) is 31.7 Å². The van der Waals surface area contributed by atoms with Crippen LogP contribution in [-0.2, 0) is 4.74 Å². The number of rotatable bonds is 4. The van der Waals surface area contributed by atoms with Crippen LogP contribution in [0.4, 0.5) is 0 Å². The van der Waals surface area contributed by atoms with Gasteiger partial charge in [0.1, 0.15) is 0 Å². The predicted octanol–water partition coefficient (Wildman–Crippen LogP) is 2.14. The summed E-state index contributed by atoms with van der Waals surface area (Å²) in [5.74, 6) is 0. The van der Waals surface area contributed by atoms with Crippen LogP contribution in [0.25, 0.3) is 0 Å². The Kier molecular flexibility index (Phi) is 4.20. The lowest BCUT2D eigenvalue weighted by molar-refractivity contribution is 0.0696. The fourth-order valence-corrected chi connectivity index (χ4v) is 2.07. The number of piperidine rings is 1. The fourth-order valence-electron chi connectivity index (χ4n) is 2.07. The van der Waals surface area contributed by atoms with Crippen LogP contribution in [0.1, 0.15) is 33.6 Å². The summed E-state index contributed by atoms with van der Waals surface area (Å²) in [6.45, 7) is 12.1. The van der Waals surface area contributed by atoms with Gasteiger partial charge in [-0.25, -0.2) is 0 Å². The van der Waals surface area contributed by atoms with Gasteiger partial charge >= 0.3 is 0 Å². The van der Waals surface area contributed by atoms with Gasteiger partial charge in [-0.1, -0.05) is 13.8 Å². The molecule has 0 aromatic carbocycles. The average molecular weight is 185 g/mol. The zero-order chi connectivity index (χ0) is 9.73. The van der Waals surface area contributed by atoms with E-state index in [1.54, 1.807) is 0 Å². The Morgan fingerprint density at radius 1 is 1.38 bits per heavy atom. The molecule has 0 unspecified atom stereocenters. The molecule has 0 aliphatic carbocycles. The predicted molar refractivity (Wildman–Crippen MR) is 55.9 cm³/mol. The van der Waals surface area contributed by atoms with Gasteiger partial charge in [-0.2, -0.15) is 0 Å². The topological polar surface area (TPSA) is 12.5 Å². The average Bonchev–Trinajstić information content (AvgIpc) is 2.03. The number of nitrogens with zero attached hydrogens (tertiary/aromatic N) is 1. The third kappa shape index (κ3) is 4.10. The van der Waals surface area contributed by atoms with E-state index in [1.165, 1.54) is 25.9 Å². The number of likely N-dealkylation sites (tertiary alicyclic amines) is 1. The Morgan fingerprint density at radius 2 is 2.15 bits per heavy atom. The highest BCUT2D eigenvalue weighted by Crippen LogP contribution is 2.27.